The summed E-state index contributed by atoms with van der Waals surface area (Å²) in [4.78, 5) is 41.1. The molecule has 1 amide bonds. The Labute approximate surface area is 204 Å². The van der Waals surface area contributed by atoms with E-state index in [0.717, 1.165) is 0 Å². The van der Waals surface area contributed by atoms with Crippen LogP contribution in [0, 0.1) is 19.7 Å². The van der Waals surface area contributed by atoms with Crippen LogP contribution in [0.4, 0.5) is 4.39 Å². The molecular formula is C27H29FN2O5. The van der Waals surface area contributed by atoms with E-state index in [2.05, 4.69) is 0 Å². The van der Waals surface area contributed by atoms with E-state index in [1.54, 1.807) is 68.8 Å². The van der Waals surface area contributed by atoms with Crippen LogP contribution in [-0.2, 0) is 18.3 Å². The second-order valence-corrected chi connectivity index (χ2v) is 8.31. The van der Waals surface area contributed by atoms with Gasteiger partial charge in [0, 0.05) is 30.4 Å². The minimum Gasteiger partial charge on any atom is -0.497 e. The highest BCUT2D eigenvalue weighted by Gasteiger charge is 2.33. The summed E-state index contributed by atoms with van der Waals surface area (Å²) in [6.07, 6.45) is 0. The molecule has 0 bridgehead atoms. The summed E-state index contributed by atoms with van der Waals surface area (Å²) < 4.78 is 25.1. The Hall–Kier alpha value is -3.94. The number of aromatic nitrogens is 1. The van der Waals surface area contributed by atoms with Crippen LogP contribution in [0.3, 0.4) is 0 Å². The summed E-state index contributed by atoms with van der Waals surface area (Å²) in [7, 11) is 4.51. The predicted octanol–water partition coefficient (Wildman–Crippen LogP) is 4.49. The fourth-order valence-corrected chi connectivity index (χ4v) is 4.15. The molecule has 3 aromatic rings. The predicted molar refractivity (Wildman–Crippen MR) is 129 cm³/mol. The summed E-state index contributed by atoms with van der Waals surface area (Å²) in [5.41, 5.74) is 2.79. The molecule has 0 spiro atoms. The van der Waals surface area contributed by atoms with Crippen molar-refractivity contribution in [3.63, 3.8) is 0 Å². The minimum absolute atomic E-state index is 0.0901. The molecule has 8 heteroatoms. The van der Waals surface area contributed by atoms with Crippen molar-refractivity contribution in [2.45, 2.75) is 33.4 Å². The van der Waals surface area contributed by atoms with Gasteiger partial charge in [0.05, 0.1) is 20.3 Å². The number of Topliss-reactive ketones (excluding diaryl/α,β-unsaturated/α-hetero) is 1. The van der Waals surface area contributed by atoms with Crippen LogP contribution >= 0.6 is 0 Å². The third kappa shape index (κ3) is 5.11. The molecule has 0 saturated carbocycles. The van der Waals surface area contributed by atoms with Crippen LogP contribution < -0.4 is 4.74 Å². The summed E-state index contributed by atoms with van der Waals surface area (Å²) >= 11 is 0. The maximum Gasteiger partial charge on any atom is 0.354 e. The molecule has 1 atom stereocenters. The first-order valence-corrected chi connectivity index (χ1v) is 11.1. The maximum atomic E-state index is 13.7. The molecule has 3 rings (SSSR count). The van der Waals surface area contributed by atoms with Crippen LogP contribution in [0.5, 0.6) is 5.75 Å². The van der Waals surface area contributed by atoms with Gasteiger partial charge >= 0.3 is 5.97 Å². The average molecular weight is 481 g/mol. The second-order valence-electron chi connectivity index (χ2n) is 8.31. The van der Waals surface area contributed by atoms with Crippen molar-refractivity contribution in [1.82, 2.24) is 9.47 Å². The molecule has 2 aromatic carbocycles. The molecule has 1 unspecified atom stereocenters. The number of methoxy groups -OCH3 is 2. The van der Waals surface area contributed by atoms with Gasteiger partial charge < -0.3 is 18.9 Å². The third-order valence-corrected chi connectivity index (χ3v) is 6.27. The van der Waals surface area contributed by atoms with Crippen LogP contribution in [0.1, 0.15) is 54.9 Å². The zero-order valence-corrected chi connectivity index (χ0v) is 20.7. The first-order chi connectivity index (χ1) is 16.6. The van der Waals surface area contributed by atoms with Crippen molar-refractivity contribution in [2.24, 2.45) is 7.05 Å². The van der Waals surface area contributed by atoms with Crippen LogP contribution in [0.15, 0.2) is 48.5 Å². The molecule has 7 nitrogen and oxygen atoms in total. The Kier molecular flexibility index (Phi) is 7.74. The Morgan fingerprint density at radius 1 is 1.00 bits per heavy atom. The van der Waals surface area contributed by atoms with Crippen molar-refractivity contribution in [3.05, 3.63) is 88.0 Å². The SMILES string of the molecule is COC(=O)c1c(C)c(C(=O)C(C)N(Cc2ccc(F)cc2)C(=O)c2ccc(OC)cc2)c(C)n1C. The van der Waals surface area contributed by atoms with Crippen LogP contribution in [-0.4, -0.2) is 47.4 Å². The highest BCUT2D eigenvalue weighted by Crippen LogP contribution is 2.26. The lowest BCUT2D eigenvalue weighted by atomic mass is 9.98. The summed E-state index contributed by atoms with van der Waals surface area (Å²) in [6, 6.07) is 11.5. The molecule has 35 heavy (non-hydrogen) atoms. The van der Waals surface area contributed by atoms with Crippen LogP contribution in [0.25, 0.3) is 0 Å². The normalized spacial score (nSPS) is 11.6. The Morgan fingerprint density at radius 2 is 1.60 bits per heavy atom. The molecule has 0 saturated heterocycles. The number of halogens is 1. The fourth-order valence-electron chi connectivity index (χ4n) is 4.15. The van der Waals surface area contributed by atoms with Crippen molar-refractivity contribution in [1.29, 1.82) is 0 Å². The Morgan fingerprint density at radius 3 is 2.14 bits per heavy atom. The standard InChI is InChI=1S/C27H29FN2O5/c1-16-23(17(2)29(4)24(16)27(33)35-6)25(31)18(3)30(15-19-7-11-21(28)12-8-19)26(32)20-9-13-22(34-5)14-10-20/h7-14,18H,15H2,1-6H3. The monoisotopic (exact) mass is 480 g/mol. The number of benzene rings is 2. The molecule has 0 N–H and O–H groups in total. The lowest BCUT2D eigenvalue weighted by molar-refractivity contribution is 0.0587. The number of hydrogen-bond acceptors (Lipinski definition) is 5. The van der Waals surface area contributed by atoms with Gasteiger partial charge in [0.1, 0.15) is 17.3 Å². The zero-order chi connectivity index (χ0) is 25.9. The number of carbonyl (C=O) groups excluding carboxylic acids is 3. The number of ketones is 1. The van der Waals surface area contributed by atoms with E-state index in [9.17, 15) is 18.8 Å². The van der Waals surface area contributed by atoms with Crippen molar-refractivity contribution < 1.29 is 28.2 Å². The van der Waals surface area contributed by atoms with Crippen LogP contribution in [0.2, 0.25) is 0 Å². The van der Waals surface area contributed by atoms with E-state index < -0.39 is 17.8 Å². The summed E-state index contributed by atoms with van der Waals surface area (Å²) in [5, 5.41) is 0. The van der Waals surface area contributed by atoms with Gasteiger partial charge in [-0.15, -0.1) is 0 Å². The molecule has 0 aliphatic heterocycles. The van der Waals surface area contributed by atoms with E-state index in [4.69, 9.17) is 9.47 Å². The first kappa shape index (κ1) is 25.7. The van der Waals surface area contributed by atoms with Crippen molar-refractivity contribution in [3.8, 4) is 5.75 Å². The first-order valence-electron chi connectivity index (χ1n) is 11.1. The number of carbonyl (C=O) groups is 3. The van der Waals surface area contributed by atoms with Crippen molar-refractivity contribution >= 4 is 17.7 Å². The van der Waals surface area contributed by atoms with Gasteiger partial charge in [-0.1, -0.05) is 12.1 Å². The number of amides is 1. The van der Waals surface area contributed by atoms with Gasteiger partial charge in [0.15, 0.2) is 5.78 Å². The van der Waals surface area contributed by atoms with Gasteiger partial charge in [-0.2, -0.15) is 0 Å². The van der Waals surface area contributed by atoms with E-state index in [0.29, 0.717) is 33.7 Å². The minimum atomic E-state index is -0.875. The molecule has 0 fully saturated rings. The number of hydrogen-bond donors (Lipinski definition) is 0. The fraction of sp³-hybridized carbons (Fsp3) is 0.296. The average Bonchev–Trinajstić information content (AvgIpc) is 3.09. The second kappa shape index (κ2) is 10.5. The maximum absolute atomic E-state index is 13.7. The smallest absolute Gasteiger partial charge is 0.354 e. The molecular weight excluding hydrogens is 451 g/mol. The largest absolute Gasteiger partial charge is 0.497 e. The van der Waals surface area contributed by atoms with Crippen molar-refractivity contribution in [2.75, 3.05) is 14.2 Å². The topological polar surface area (TPSA) is 77.8 Å². The number of esters is 1. The van der Waals surface area contributed by atoms with E-state index in [-0.39, 0.29) is 23.9 Å². The lowest BCUT2D eigenvalue weighted by Crippen LogP contribution is -2.43. The van der Waals surface area contributed by atoms with E-state index in [1.165, 1.54) is 31.3 Å². The van der Waals surface area contributed by atoms with Gasteiger partial charge in [0.2, 0.25) is 0 Å². The molecule has 0 radical (unpaired) electrons. The summed E-state index contributed by atoms with van der Waals surface area (Å²) in [6.45, 7) is 5.17. The molecule has 184 valence electrons. The van der Waals surface area contributed by atoms with E-state index in [1.807, 2.05) is 0 Å². The number of nitrogens with zero attached hydrogens (tertiary/aromatic N) is 2. The highest BCUT2D eigenvalue weighted by atomic mass is 19.1. The third-order valence-electron chi connectivity index (χ3n) is 6.27. The molecule has 0 aliphatic rings. The van der Waals surface area contributed by atoms with E-state index >= 15 is 0 Å². The van der Waals surface area contributed by atoms with Gasteiger partial charge in [-0.3, -0.25) is 9.59 Å². The molecule has 0 aliphatic carbocycles. The number of rotatable bonds is 8. The molecule has 1 aromatic heterocycles. The zero-order valence-electron chi connectivity index (χ0n) is 20.7. The quantitative estimate of drug-likeness (QED) is 0.351. The van der Waals surface area contributed by atoms with Gasteiger partial charge in [-0.25, -0.2) is 9.18 Å². The Bertz CT molecular complexity index is 1250. The summed E-state index contributed by atoms with van der Waals surface area (Å²) in [5.74, 6) is -1.01. The number of ether oxygens (including phenoxy) is 2. The van der Waals surface area contributed by atoms with Gasteiger partial charge in [0.25, 0.3) is 5.91 Å². The molecule has 1 heterocycles. The Balaban J connectivity index is 2.03. The van der Waals surface area contributed by atoms with Gasteiger partial charge in [-0.05, 0) is 68.3 Å². The lowest BCUT2D eigenvalue weighted by Gasteiger charge is -2.29. The highest BCUT2D eigenvalue weighted by molar-refractivity contribution is 6.07.